The van der Waals surface area contributed by atoms with E-state index in [0.717, 1.165) is 30.4 Å². The summed E-state index contributed by atoms with van der Waals surface area (Å²) >= 11 is 2.04. The number of carbonyl (C=O) groups excluding carboxylic acids is 4. The van der Waals surface area contributed by atoms with Crippen molar-refractivity contribution < 1.29 is 38.1 Å². The molecule has 3 N–H and O–H groups in total. The van der Waals surface area contributed by atoms with Gasteiger partial charge in [0.05, 0.1) is 9.83 Å². The number of ether oxygens (including phenoxy) is 4. The number of halogens is 1. The lowest BCUT2D eigenvalue weighted by Crippen LogP contribution is -2.58. The van der Waals surface area contributed by atoms with Gasteiger partial charge in [-0.2, -0.15) is 0 Å². The number of esters is 4. The van der Waals surface area contributed by atoms with Gasteiger partial charge in [-0.25, -0.2) is 0 Å². The van der Waals surface area contributed by atoms with Gasteiger partial charge in [-0.05, 0) is 0 Å². The summed E-state index contributed by atoms with van der Waals surface area (Å²) in [6, 6.07) is 0. The fourth-order valence-electron chi connectivity index (χ4n) is 2.41. The van der Waals surface area contributed by atoms with Crippen LogP contribution in [0.1, 0.15) is 27.7 Å². The first-order valence-corrected chi connectivity index (χ1v) is 9.64. The molecule has 0 aromatic carbocycles. The highest BCUT2D eigenvalue weighted by atomic mass is 79.9. The minimum absolute atomic E-state index is 0. The molecular formula is C15H23BrN2O8S2. The van der Waals surface area contributed by atoms with Gasteiger partial charge in [0.15, 0.2) is 23.5 Å². The Morgan fingerprint density at radius 3 is 1.79 bits per heavy atom. The maximum Gasteiger partial charge on any atom is 0.303 e. The quantitative estimate of drug-likeness (QED) is 0.231. The zero-order valence-electron chi connectivity index (χ0n) is 15.7. The minimum Gasteiger partial charge on any atom is -0.465 e. The number of hydrogen-bond acceptors (Lipinski definition) is 11. The lowest BCUT2D eigenvalue weighted by atomic mass is 10.0. The van der Waals surface area contributed by atoms with Crippen molar-refractivity contribution in [1.82, 2.24) is 0 Å². The highest BCUT2D eigenvalue weighted by Gasteiger charge is 2.52. The van der Waals surface area contributed by atoms with Gasteiger partial charge in [0.2, 0.25) is 0 Å². The highest BCUT2D eigenvalue weighted by molar-refractivity contribution is 8.93. The van der Waals surface area contributed by atoms with Crippen LogP contribution in [-0.2, 0) is 38.1 Å². The lowest BCUT2D eigenvalue weighted by Gasteiger charge is -2.43. The van der Waals surface area contributed by atoms with Crippen LogP contribution in [0.2, 0.25) is 0 Å². The summed E-state index contributed by atoms with van der Waals surface area (Å²) in [7, 11) is 0. The average Bonchev–Trinajstić information content (AvgIpc) is 2.49. The second kappa shape index (κ2) is 12.2. The molecule has 0 spiro atoms. The van der Waals surface area contributed by atoms with E-state index in [1.165, 1.54) is 20.8 Å². The highest BCUT2D eigenvalue weighted by Crippen LogP contribution is 2.42. The van der Waals surface area contributed by atoms with Crippen LogP contribution < -0.4 is 5.73 Å². The van der Waals surface area contributed by atoms with Crippen LogP contribution >= 0.6 is 40.5 Å². The number of nitrogens with two attached hydrogens (primary N) is 1. The van der Waals surface area contributed by atoms with E-state index >= 15 is 0 Å². The molecule has 0 aliphatic carbocycles. The number of amidine groups is 1. The molecule has 0 amide bonds. The van der Waals surface area contributed by atoms with Crippen LogP contribution in [0.15, 0.2) is 0 Å². The smallest absolute Gasteiger partial charge is 0.303 e. The molecule has 0 bridgehead atoms. The van der Waals surface area contributed by atoms with Crippen LogP contribution in [0.4, 0.5) is 0 Å². The molecule has 0 radical (unpaired) electrons. The third-order valence-corrected chi connectivity index (χ3v) is 5.86. The first-order valence-electron chi connectivity index (χ1n) is 7.82. The predicted molar refractivity (Wildman–Crippen MR) is 108 cm³/mol. The second-order valence-corrected chi connectivity index (χ2v) is 8.42. The molecule has 0 unspecified atom stereocenters. The Balaban J connectivity index is 0.00000729. The van der Waals surface area contributed by atoms with Crippen LogP contribution in [-0.4, -0.2) is 63.8 Å². The standard InChI is InChI=1S/C15H22N2O8S2.BrH/c1-6(18)22-5-10-11(23-7(2)19)12(24-8(3)20)13(25-9(4)21)14(26-10)27-15(16)17;/h10-14H,5H2,1-4H3,(H3,16,17);1H/t10-,11-,12+,13-,14+;/m1./s1. The maximum atomic E-state index is 11.6. The molecule has 1 aliphatic rings. The lowest BCUT2D eigenvalue weighted by molar-refractivity contribution is -0.183. The number of hydrogen-bond donors (Lipinski definition) is 2. The third-order valence-electron chi connectivity index (χ3n) is 3.19. The van der Waals surface area contributed by atoms with Crippen LogP contribution in [0, 0.1) is 5.41 Å². The largest absolute Gasteiger partial charge is 0.465 e. The summed E-state index contributed by atoms with van der Waals surface area (Å²) in [5, 5.41) is 6.64. The number of carbonyl (C=O) groups is 4. The van der Waals surface area contributed by atoms with Gasteiger partial charge in [-0.15, -0.1) is 28.7 Å². The molecule has 1 rings (SSSR count). The van der Waals surface area contributed by atoms with Gasteiger partial charge in [-0.1, -0.05) is 11.8 Å². The molecule has 1 heterocycles. The Hall–Kier alpha value is -1.47. The summed E-state index contributed by atoms with van der Waals surface area (Å²) in [6.07, 6.45) is -3.24. The van der Waals surface area contributed by atoms with E-state index in [2.05, 4.69) is 0 Å². The van der Waals surface area contributed by atoms with E-state index in [0.29, 0.717) is 0 Å². The monoisotopic (exact) mass is 502 g/mol. The summed E-state index contributed by atoms with van der Waals surface area (Å²) in [4.78, 5) is 45.9. The topological polar surface area (TPSA) is 155 Å². The normalized spacial score (nSPS) is 26.2. The fourth-order valence-corrected chi connectivity index (χ4v) is 5.19. The maximum absolute atomic E-state index is 11.6. The van der Waals surface area contributed by atoms with Gasteiger partial charge < -0.3 is 24.7 Å². The molecule has 160 valence electrons. The summed E-state index contributed by atoms with van der Waals surface area (Å²) in [6.45, 7) is 4.59. The molecule has 10 nitrogen and oxygen atoms in total. The molecule has 1 saturated heterocycles. The number of rotatable bonds is 6. The first kappa shape index (κ1) is 26.5. The third kappa shape index (κ3) is 8.69. The Kier molecular flexibility index (Phi) is 11.5. The summed E-state index contributed by atoms with van der Waals surface area (Å²) < 4.78 is 20.3. The van der Waals surface area contributed by atoms with Crippen LogP contribution in [0.5, 0.6) is 0 Å². The fraction of sp³-hybridized carbons (Fsp3) is 0.667. The Morgan fingerprint density at radius 2 is 1.36 bits per heavy atom. The van der Waals surface area contributed by atoms with Crippen LogP contribution in [0.25, 0.3) is 0 Å². The summed E-state index contributed by atoms with van der Waals surface area (Å²) in [5.74, 6) is -2.52. The van der Waals surface area contributed by atoms with Crippen molar-refractivity contribution in [2.75, 3.05) is 6.61 Å². The predicted octanol–water partition coefficient (Wildman–Crippen LogP) is 0.991. The van der Waals surface area contributed by atoms with Crippen molar-refractivity contribution in [3.8, 4) is 0 Å². The molecule has 0 saturated carbocycles. The Labute approximate surface area is 181 Å². The van der Waals surface area contributed by atoms with E-state index in [9.17, 15) is 19.2 Å². The van der Waals surface area contributed by atoms with E-state index in [4.69, 9.17) is 30.1 Å². The van der Waals surface area contributed by atoms with E-state index in [-0.39, 0.29) is 28.8 Å². The van der Waals surface area contributed by atoms with Gasteiger partial charge in [0, 0.05) is 27.7 Å². The van der Waals surface area contributed by atoms with Crippen molar-refractivity contribution in [2.45, 2.75) is 55.8 Å². The van der Waals surface area contributed by atoms with Crippen LogP contribution in [0.3, 0.4) is 0 Å². The molecular weight excluding hydrogens is 480 g/mol. The van der Waals surface area contributed by atoms with Gasteiger partial charge in [0.25, 0.3) is 0 Å². The SMILES string of the molecule is Br.CC(=O)OC[C@H]1S[C@@H](SC(=N)N)[C@H](OC(C)=O)[C@@H](OC(C)=O)[C@@H]1OC(C)=O. The van der Waals surface area contributed by atoms with Gasteiger partial charge in [-0.3, -0.25) is 24.6 Å². The molecule has 28 heavy (non-hydrogen) atoms. The second-order valence-electron chi connectivity index (χ2n) is 5.55. The molecule has 5 atom stereocenters. The van der Waals surface area contributed by atoms with Crippen molar-refractivity contribution in [3.05, 3.63) is 0 Å². The molecule has 1 fully saturated rings. The van der Waals surface area contributed by atoms with E-state index in [1.807, 2.05) is 0 Å². The van der Waals surface area contributed by atoms with E-state index < -0.39 is 52.0 Å². The number of thioether (sulfide) groups is 2. The Morgan fingerprint density at radius 1 is 0.893 bits per heavy atom. The van der Waals surface area contributed by atoms with Gasteiger partial charge in [0.1, 0.15) is 6.61 Å². The first-order chi connectivity index (χ1) is 12.5. The minimum atomic E-state index is -1.16. The molecule has 1 aliphatic heterocycles. The van der Waals surface area contributed by atoms with Crippen molar-refractivity contribution in [3.63, 3.8) is 0 Å². The average molecular weight is 503 g/mol. The van der Waals surface area contributed by atoms with Crippen molar-refractivity contribution >= 4 is 69.6 Å². The Bertz CT molecular complexity index is 621. The van der Waals surface area contributed by atoms with Crippen molar-refractivity contribution in [2.24, 2.45) is 5.73 Å². The van der Waals surface area contributed by atoms with E-state index in [1.54, 1.807) is 0 Å². The number of nitrogens with one attached hydrogen (secondary N) is 1. The molecule has 13 heteroatoms. The summed E-state index contributed by atoms with van der Waals surface area (Å²) in [5.41, 5.74) is 5.46. The molecule has 0 aromatic heterocycles. The zero-order valence-corrected chi connectivity index (χ0v) is 19.0. The zero-order chi connectivity index (χ0) is 20.7. The van der Waals surface area contributed by atoms with Gasteiger partial charge >= 0.3 is 23.9 Å². The molecule has 0 aromatic rings. The van der Waals surface area contributed by atoms with Crippen molar-refractivity contribution in [1.29, 1.82) is 5.41 Å².